The Morgan fingerprint density at radius 1 is 1.35 bits per heavy atom. The van der Waals surface area contributed by atoms with Gasteiger partial charge in [0.1, 0.15) is 5.54 Å². The molecule has 0 aromatic carbocycles. The van der Waals surface area contributed by atoms with E-state index in [1.165, 1.54) is 14.2 Å². The van der Waals surface area contributed by atoms with Crippen LogP contribution in [0.5, 0.6) is 0 Å². The fraction of sp³-hybridized carbons (Fsp3) is 0.588. The van der Waals surface area contributed by atoms with Gasteiger partial charge >= 0.3 is 5.97 Å². The quantitative estimate of drug-likeness (QED) is 0.347. The number of fused-ring (bicyclic) bond motifs is 1. The van der Waals surface area contributed by atoms with Crippen molar-refractivity contribution in [2.24, 2.45) is 11.8 Å². The van der Waals surface area contributed by atoms with Crippen LogP contribution in [0.15, 0.2) is 17.6 Å². The van der Waals surface area contributed by atoms with Gasteiger partial charge < -0.3 is 4.74 Å². The lowest BCUT2D eigenvalue weighted by molar-refractivity contribution is -0.152. The summed E-state index contributed by atoms with van der Waals surface area (Å²) in [5.74, 6) is -1.83. The second-order valence-corrected chi connectivity index (χ2v) is 7.76. The monoisotopic (exact) mass is 378 g/mol. The smallest absolute Gasteiger partial charge is 0.326 e. The molecule has 2 aliphatic heterocycles. The molecule has 1 N–H and O–H groups in total. The molecule has 4 atom stereocenters. The van der Waals surface area contributed by atoms with Gasteiger partial charge in [-0.25, -0.2) is 9.97 Å². The Balaban J connectivity index is 1.96. The summed E-state index contributed by atoms with van der Waals surface area (Å²) in [6.07, 6.45) is 4.32. The van der Waals surface area contributed by atoms with Gasteiger partial charge in [-0.2, -0.15) is 0 Å². The number of carbonyl (C=O) groups excluding carboxylic acids is 3. The van der Waals surface area contributed by atoms with Gasteiger partial charge in [0.15, 0.2) is 5.16 Å². The average Bonchev–Trinajstić information content (AvgIpc) is 3.09. The second-order valence-electron chi connectivity index (χ2n) is 6.70. The Hall–Kier alpha value is -2.00. The SMILES string of the molecule is CCCSc1ncc([C@H]2N[C@@](C)(C(=O)OC)[C@H]3C(=O)N(C)C(=O)[C@@H]23)cn1. The first-order valence-electron chi connectivity index (χ1n) is 8.47. The molecule has 8 nitrogen and oxygen atoms in total. The zero-order valence-electron chi connectivity index (χ0n) is 15.2. The normalized spacial score (nSPS) is 30.6. The van der Waals surface area contributed by atoms with Crippen LogP contribution in [0.3, 0.4) is 0 Å². The number of methoxy groups -OCH3 is 1. The van der Waals surface area contributed by atoms with Crippen LogP contribution >= 0.6 is 11.8 Å². The molecule has 1 aromatic rings. The van der Waals surface area contributed by atoms with E-state index in [1.807, 2.05) is 0 Å². The molecule has 9 heteroatoms. The maximum atomic E-state index is 12.7. The van der Waals surface area contributed by atoms with Crippen molar-refractivity contribution in [1.29, 1.82) is 0 Å². The Morgan fingerprint density at radius 2 is 2.00 bits per heavy atom. The van der Waals surface area contributed by atoms with Gasteiger partial charge in [-0.05, 0) is 13.3 Å². The maximum Gasteiger partial charge on any atom is 0.326 e. The first-order valence-corrected chi connectivity index (χ1v) is 9.46. The van der Waals surface area contributed by atoms with E-state index in [4.69, 9.17) is 4.74 Å². The lowest BCUT2D eigenvalue weighted by Gasteiger charge is -2.27. The lowest BCUT2D eigenvalue weighted by Crippen LogP contribution is -2.53. The topological polar surface area (TPSA) is 101 Å². The van der Waals surface area contributed by atoms with Crippen LogP contribution in [0.4, 0.5) is 0 Å². The first-order chi connectivity index (χ1) is 12.3. The van der Waals surface area contributed by atoms with Gasteiger partial charge in [0.25, 0.3) is 0 Å². The van der Waals surface area contributed by atoms with Crippen LogP contribution in [-0.2, 0) is 19.1 Å². The number of nitrogens with one attached hydrogen (secondary N) is 1. The van der Waals surface area contributed by atoms with Gasteiger partial charge in [-0.1, -0.05) is 18.7 Å². The Kier molecular flexibility index (Phi) is 5.03. The number of hydrogen-bond donors (Lipinski definition) is 1. The van der Waals surface area contributed by atoms with Crippen LogP contribution in [0.1, 0.15) is 31.9 Å². The van der Waals surface area contributed by atoms with Crippen molar-refractivity contribution in [1.82, 2.24) is 20.2 Å². The number of aromatic nitrogens is 2. The van der Waals surface area contributed by atoms with E-state index < -0.39 is 29.4 Å². The first kappa shape index (κ1) is 18.8. The minimum Gasteiger partial charge on any atom is -0.468 e. The number of ether oxygens (including phenoxy) is 1. The van der Waals surface area contributed by atoms with E-state index in [1.54, 1.807) is 31.1 Å². The number of likely N-dealkylation sites (tertiary alicyclic amines) is 1. The fourth-order valence-corrected chi connectivity index (χ4v) is 4.37. The number of esters is 1. The molecule has 0 aliphatic carbocycles. The van der Waals surface area contributed by atoms with Crippen LogP contribution in [0, 0.1) is 11.8 Å². The van der Waals surface area contributed by atoms with Crippen molar-refractivity contribution >= 4 is 29.5 Å². The number of thioether (sulfide) groups is 1. The number of carbonyl (C=O) groups is 3. The highest BCUT2D eigenvalue weighted by Gasteiger charge is 2.66. The fourth-order valence-electron chi connectivity index (χ4n) is 3.72. The summed E-state index contributed by atoms with van der Waals surface area (Å²) < 4.78 is 4.89. The molecule has 2 saturated heterocycles. The third-order valence-corrected chi connectivity index (χ3v) is 6.14. The van der Waals surface area contributed by atoms with E-state index in [2.05, 4.69) is 22.2 Å². The molecule has 0 unspecified atom stereocenters. The van der Waals surface area contributed by atoms with Crippen LogP contribution in [-0.4, -0.2) is 58.1 Å². The number of imide groups is 1. The second kappa shape index (κ2) is 6.96. The lowest BCUT2D eigenvalue weighted by atomic mass is 9.80. The standard InChI is InChI=1S/C17H22N4O4S/c1-5-6-26-16-18-7-9(8-19-16)12-10-11(14(23)21(3)13(10)22)17(2,20-12)15(24)25-4/h7-8,10-12,20H,5-6H2,1-4H3/t10-,11-,12-,17-/m1/s1. The summed E-state index contributed by atoms with van der Waals surface area (Å²) in [7, 11) is 2.71. The van der Waals surface area contributed by atoms with E-state index >= 15 is 0 Å². The summed E-state index contributed by atoms with van der Waals surface area (Å²) in [5.41, 5.74) is -0.609. The van der Waals surface area contributed by atoms with Crippen molar-refractivity contribution in [3.63, 3.8) is 0 Å². The third-order valence-electron chi connectivity index (χ3n) is 5.06. The number of nitrogens with zero attached hydrogens (tertiary/aromatic N) is 3. The molecule has 1 aromatic heterocycles. The van der Waals surface area contributed by atoms with Gasteiger partial charge in [-0.3, -0.25) is 24.6 Å². The zero-order valence-corrected chi connectivity index (χ0v) is 16.0. The van der Waals surface area contributed by atoms with Crippen molar-refractivity contribution in [2.75, 3.05) is 19.9 Å². The average molecular weight is 378 g/mol. The molecule has 26 heavy (non-hydrogen) atoms. The van der Waals surface area contributed by atoms with Gasteiger partial charge in [0.2, 0.25) is 11.8 Å². The van der Waals surface area contributed by atoms with E-state index in [0.29, 0.717) is 10.7 Å². The predicted octanol–water partition coefficient (Wildman–Crippen LogP) is 0.786. The van der Waals surface area contributed by atoms with Crippen LogP contribution in [0.25, 0.3) is 0 Å². The number of hydrogen-bond acceptors (Lipinski definition) is 8. The number of amides is 2. The Morgan fingerprint density at radius 3 is 2.58 bits per heavy atom. The van der Waals surface area contributed by atoms with E-state index in [-0.39, 0.29) is 11.8 Å². The van der Waals surface area contributed by atoms with Crippen LogP contribution in [0.2, 0.25) is 0 Å². The zero-order chi connectivity index (χ0) is 19.1. The molecule has 0 radical (unpaired) electrons. The highest BCUT2D eigenvalue weighted by molar-refractivity contribution is 7.99. The molecular weight excluding hydrogens is 356 g/mol. The minimum atomic E-state index is -1.28. The van der Waals surface area contributed by atoms with Gasteiger partial charge in [-0.15, -0.1) is 0 Å². The van der Waals surface area contributed by atoms with Crippen molar-refractivity contribution < 1.29 is 19.1 Å². The van der Waals surface area contributed by atoms with Crippen molar-refractivity contribution in [3.8, 4) is 0 Å². The molecule has 2 fully saturated rings. The highest BCUT2D eigenvalue weighted by Crippen LogP contribution is 2.48. The minimum absolute atomic E-state index is 0.311. The van der Waals surface area contributed by atoms with E-state index in [9.17, 15) is 14.4 Å². The van der Waals surface area contributed by atoms with Gasteiger partial charge in [0.05, 0.1) is 18.9 Å². The van der Waals surface area contributed by atoms with Crippen molar-refractivity contribution in [3.05, 3.63) is 18.0 Å². The van der Waals surface area contributed by atoms with E-state index in [0.717, 1.165) is 17.1 Å². The summed E-state index contributed by atoms with van der Waals surface area (Å²) in [4.78, 5) is 47.4. The third kappa shape index (κ3) is 2.79. The highest BCUT2D eigenvalue weighted by atomic mass is 32.2. The molecular formula is C17H22N4O4S. The molecule has 2 amide bonds. The Bertz CT molecular complexity index is 741. The summed E-state index contributed by atoms with van der Waals surface area (Å²) in [5, 5.41) is 3.81. The summed E-state index contributed by atoms with van der Waals surface area (Å²) in [6.45, 7) is 3.68. The maximum absolute atomic E-state index is 12.7. The molecule has 0 saturated carbocycles. The molecule has 3 rings (SSSR count). The molecule has 0 spiro atoms. The molecule has 2 aliphatic rings. The largest absolute Gasteiger partial charge is 0.468 e. The van der Waals surface area contributed by atoms with Crippen molar-refractivity contribution in [2.45, 2.75) is 37.0 Å². The molecule has 140 valence electrons. The van der Waals surface area contributed by atoms with Gasteiger partial charge in [0, 0.05) is 36.8 Å². The predicted molar refractivity (Wildman–Crippen MR) is 94.1 cm³/mol. The Labute approximate surface area is 156 Å². The van der Waals surface area contributed by atoms with Crippen LogP contribution < -0.4 is 5.32 Å². The summed E-state index contributed by atoms with van der Waals surface area (Å²) in [6, 6.07) is -0.532. The number of rotatable bonds is 5. The molecule has 3 heterocycles. The molecule has 0 bridgehead atoms. The summed E-state index contributed by atoms with van der Waals surface area (Å²) >= 11 is 1.55.